The molecule has 0 aliphatic rings. The molecule has 0 atom stereocenters. The molecule has 2 amide bonds. The molecule has 0 heterocycles. The van der Waals surface area contributed by atoms with E-state index >= 15 is 0 Å². The summed E-state index contributed by atoms with van der Waals surface area (Å²) in [4.78, 5) is 34.2. The Bertz CT molecular complexity index is 342. The van der Waals surface area contributed by atoms with Gasteiger partial charge in [-0.2, -0.15) is 0 Å². The molecule has 0 saturated carbocycles. The van der Waals surface area contributed by atoms with E-state index in [9.17, 15) is 14.4 Å². The molecule has 0 spiro atoms. The molecule has 2 N–H and O–H groups in total. The summed E-state index contributed by atoms with van der Waals surface area (Å²) in [7, 11) is 0. The molecule has 0 unspecified atom stereocenters. The lowest BCUT2D eigenvalue weighted by Crippen LogP contribution is -2.34. The van der Waals surface area contributed by atoms with Crippen molar-refractivity contribution in [1.82, 2.24) is 10.6 Å². The van der Waals surface area contributed by atoms with E-state index < -0.39 is 0 Å². The molecule has 0 aromatic carbocycles. The van der Waals surface area contributed by atoms with Crippen molar-refractivity contribution in [3.05, 3.63) is 0 Å². The van der Waals surface area contributed by atoms with Crippen LogP contribution in [-0.2, 0) is 23.9 Å². The minimum atomic E-state index is -0.341. The number of ether oxygens (including phenoxy) is 2. The van der Waals surface area contributed by atoms with Crippen molar-refractivity contribution in [3.63, 3.8) is 0 Å². The van der Waals surface area contributed by atoms with Crippen molar-refractivity contribution in [1.29, 1.82) is 0 Å². The van der Waals surface area contributed by atoms with E-state index in [2.05, 4.69) is 10.6 Å². The summed E-state index contributed by atoms with van der Waals surface area (Å²) in [5.41, 5.74) is 0. The third-order valence-electron chi connectivity index (χ3n) is 2.35. The molecule has 7 heteroatoms. The Morgan fingerprint density at radius 3 is 2.05 bits per heavy atom. The quantitative estimate of drug-likeness (QED) is 0.538. The zero-order valence-corrected chi connectivity index (χ0v) is 13.2. The Morgan fingerprint density at radius 2 is 1.48 bits per heavy atom. The first kappa shape index (κ1) is 19.5. The van der Waals surface area contributed by atoms with Gasteiger partial charge in [0.2, 0.25) is 11.8 Å². The van der Waals surface area contributed by atoms with Gasteiger partial charge in [-0.1, -0.05) is 0 Å². The first-order valence-electron chi connectivity index (χ1n) is 7.09. The number of hydrogen-bond acceptors (Lipinski definition) is 5. The molecule has 21 heavy (non-hydrogen) atoms. The largest absolute Gasteiger partial charge is 0.369 e. The van der Waals surface area contributed by atoms with Crippen LogP contribution in [0.1, 0.15) is 40.5 Å². The molecule has 122 valence electrons. The summed E-state index contributed by atoms with van der Waals surface area (Å²) in [5, 5.41) is 5.00. The summed E-state index contributed by atoms with van der Waals surface area (Å²) < 4.78 is 10.3. The Kier molecular flexibility index (Phi) is 10.4. The molecule has 0 fully saturated rings. The summed E-state index contributed by atoms with van der Waals surface area (Å²) in [6, 6.07) is 0. The first-order chi connectivity index (χ1) is 9.81. The van der Waals surface area contributed by atoms with Crippen molar-refractivity contribution >= 4 is 17.6 Å². The van der Waals surface area contributed by atoms with Crippen molar-refractivity contribution in [3.8, 4) is 0 Å². The van der Waals surface area contributed by atoms with Gasteiger partial charge in [0.25, 0.3) is 0 Å². The van der Waals surface area contributed by atoms with Crippen LogP contribution in [0.15, 0.2) is 0 Å². The molecule has 0 aromatic heterocycles. The lowest BCUT2D eigenvalue weighted by atomic mass is 10.2. The predicted molar refractivity (Wildman–Crippen MR) is 77.6 cm³/mol. The van der Waals surface area contributed by atoms with Gasteiger partial charge in [0.15, 0.2) is 5.78 Å². The highest BCUT2D eigenvalue weighted by Gasteiger charge is 2.09. The third kappa shape index (κ3) is 13.3. The third-order valence-corrected chi connectivity index (χ3v) is 2.35. The summed E-state index contributed by atoms with van der Waals surface area (Å²) in [5.74, 6) is -0.793. The second-order valence-corrected chi connectivity index (χ2v) is 5.13. The van der Waals surface area contributed by atoms with E-state index in [4.69, 9.17) is 9.47 Å². The number of carbonyl (C=O) groups excluding carboxylic acids is 3. The number of nitrogens with one attached hydrogen (secondary N) is 2. The van der Waals surface area contributed by atoms with Crippen LogP contribution in [0.25, 0.3) is 0 Å². The smallest absolute Gasteiger partial charge is 0.246 e. The fourth-order valence-electron chi connectivity index (χ4n) is 1.21. The van der Waals surface area contributed by atoms with Crippen LogP contribution in [0.2, 0.25) is 0 Å². The second-order valence-electron chi connectivity index (χ2n) is 5.13. The lowest BCUT2D eigenvalue weighted by Gasteiger charge is -2.09. The van der Waals surface area contributed by atoms with Crippen LogP contribution >= 0.6 is 0 Å². The van der Waals surface area contributed by atoms with Crippen LogP contribution in [0.3, 0.4) is 0 Å². The van der Waals surface area contributed by atoms with Gasteiger partial charge in [-0.25, -0.2) is 0 Å². The molecule has 0 aromatic rings. The zero-order valence-electron chi connectivity index (χ0n) is 13.2. The van der Waals surface area contributed by atoms with Crippen molar-refractivity contribution in [2.24, 2.45) is 0 Å². The topological polar surface area (TPSA) is 93.7 Å². The lowest BCUT2D eigenvalue weighted by molar-refractivity contribution is -0.130. The van der Waals surface area contributed by atoms with Crippen LogP contribution in [0.5, 0.6) is 0 Å². The molecule has 0 saturated heterocycles. The SMILES string of the molecule is CC(C)OCNC(=O)CCC(=O)CNC(=O)COC(C)C. The maximum absolute atomic E-state index is 11.5. The van der Waals surface area contributed by atoms with Gasteiger partial charge in [-0.3, -0.25) is 14.4 Å². The molecule has 0 bridgehead atoms. The average Bonchev–Trinajstić information content (AvgIpc) is 2.40. The second kappa shape index (κ2) is 11.2. The standard InChI is InChI=1S/C14H26N2O5/c1-10(2)20-8-14(19)15-7-12(17)5-6-13(18)16-9-21-11(3)4/h10-11H,5-9H2,1-4H3,(H,15,19)(H,16,18). The summed E-state index contributed by atoms with van der Waals surface area (Å²) >= 11 is 0. The molecule has 0 rings (SSSR count). The average molecular weight is 302 g/mol. The van der Waals surface area contributed by atoms with Crippen molar-refractivity contribution < 1.29 is 23.9 Å². The van der Waals surface area contributed by atoms with Crippen LogP contribution < -0.4 is 10.6 Å². The maximum atomic E-state index is 11.5. The molecular weight excluding hydrogens is 276 g/mol. The van der Waals surface area contributed by atoms with Crippen molar-refractivity contribution in [2.45, 2.75) is 52.7 Å². The fourth-order valence-corrected chi connectivity index (χ4v) is 1.21. The van der Waals surface area contributed by atoms with Gasteiger partial charge in [0, 0.05) is 12.8 Å². The van der Waals surface area contributed by atoms with Crippen LogP contribution in [-0.4, -0.2) is 49.7 Å². The fraction of sp³-hybridized carbons (Fsp3) is 0.786. The minimum absolute atomic E-state index is 0.0372. The summed E-state index contributed by atoms with van der Waals surface area (Å²) in [6.07, 6.45) is 0.163. The van der Waals surface area contributed by atoms with Gasteiger partial charge in [0.05, 0.1) is 18.8 Å². The minimum Gasteiger partial charge on any atom is -0.369 e. The van der Waals surface area contributed by atoms with Gasteiger partial charge < -0.3 is 20.1 Å². The van der Waals surface area contributed by atoms with Crippen molar-refractivity contribution in [2.75, 3.05) is 19.9 Å². The highest BCUT2D eigenvalue weighted by atomic mass is 16.5. The van der Waals surface area contributed by atoms with E-state index in [1.54, 1.807) is 0 Å². The Labute approximate surface area is 125 Å². The number of rotatable bonds is 11. The van der Waals surface area contributed by atoms with E-state index in [1.807, 2.05) is 27.7 Å². The zero-order chi connectivity index (χ0) is 16.3. The van der Waals surface area contributed by atoms with Gasteiger partial charge in [0.1, 0.15) is 13.3 Å². The number of carbonyl (C=O) groups is 3. The Hall–Kier alpha value is -1.47. The number of Topliss-reactive ketones (excluding diaryl/α,β-unsaturated/α-hetero) is 1. The normalized spacial score (nSPS) is 10.8. The first-order valence-corrected chi connectivity index (χ1v) is 7.09. The number of amides is 2. The van der Waals surface area contributed by atoms with E-state index in [0.29, 0.717) is 0 Å². The number of hydrogen-bond donors (Lipinski definition) is 2. The maximum Gasteiger partial charge on any atom is 0.246 e. The van der Waals surface area contributed by atoms with Gasteiger partial charge in [-0.05, 0) is 27.7 Å². The number of ketones is 1. The molecular formula is C14H26N2O5. The molecule has 0 aliphatic carbocycles. The molecule has 7 nitrogen and oxygen atoms in total. The summed E-state index contributed by atoms with van der Waals surface area (Å²) in [6.45, 7) is 7.34. The van der Waals surface area contributed by atoms with E-state index in [-0.39, 0.29) is 62.5 Å². The van der Waals surface area contributed by atoms with Crippen LogP contribution in [0.4, 0.5) is 0 Å². The van der Waals surface area contributed by atoms with E-state index in [0.717, 1.165) is 0 Å². The van der Waals surface area contributed by atoms with Gasteiger partial charge >= 0.3 is 0 Å². The Balaban J connectivity index is 3.66. The highest BCUT2D eigenvalue weighted by molar-refractivity contribution is 5.89. The van der Waals surface area contributed by atoms with E-state index in [1.165, 1.54) is 0 Å². The Morgan fingerprint density at radius 1 is 0.857 bits per heavy atom. The monoisotopic (exact) mass is 302 g/mol. The molecule has 0 radical (unpaired) electrons. The predicted octanol–water partition coefficient (Wildman–Crippen LogP) is 0.376. The molecule has 0 aliphatic heterocycles. The van der Waals surface area contributed by atoms with Gasteiger partial charge in [-0.15, -0.1) is 0 Å². The van der Waals surface area contributed by atoms with Crippen LogP contribution in [0, 0.1) is 0 Å². The highest BCUT2D eigenvalue weighted by Crippen LogP contribution is 1.92.